The van der Waals surface area contributed by atoms with E-state index in [1.807, 2.05) is 20.8 Å². The summed E-state index contributed by atoms with van der Waals surface area (Å²) >= 11 is 0. The van der Waals surface area contributed by atoms with Gasteiger partial charge in [0.2, 0.25) is 11.6 Å². The minimum absolute atomic E-state index is 0.000605. The third-order valence-corrected chi connectivity index (χ3v) is 5.02. The van der Waals surface area contributed by atoms with Gasteiger partial charge in [-0.1, -0.05) is 35.0 Å². The molecule has 11 nitrogen and oxygen atoms in total. The maximum absolute atomic E-state index is 13.0. The maximum Gasteiger partial charge on any atom is 0.294 e. The number of nitrogens with one attached hydrogen (secondary N) is 1. The van der Waals surface area contributed by atoms with Crippen molar-refractivity contribution in [1.29, 1.82) is 0 Å². The highest BCUT2D eigenvalue weighted by Gasteiger charge is 2.25. The predicted molar refractivity (Wildman–Crippen MR) is 121 cm³/mol. The molecule has 168 valence electrons. The largest absolute Gasteiger partial charge is 0.497 e. The molecule has 4 rings (SSSR count). The summed E-state index contributed by atoms with van der Waals surface area (Å²) in [5, 5.41) is 19.6. The van der Waals surface area contributed by atoms with Gasteiger partial charge in [-0.2, -0.15) is 9.78 Å². The molecule has 11 heteroatoms. The Bertz CT molecular complexity index is 1330. The fourth-order valence-corrected chi connectivity index (χ4v) is 3.55. The van der Waals surface area contributed by atoms with Gasteiger partial charge in [-0.15, -0.1) is 5.10 Å². The third kappa shape index (κ3) is 4.28. The van der Waals surface area contributed by atoms with Gasteiger partial charge in [-0.25, -0.2) is 10.1 Å². The van der Waals surface area contributed by atoms with Crippen LogP contribution in [0.5, 0.6) is 5.75 Å². The summed E-state index contributed by atoms with van der Waals surface area (Å²) in [4.78, 5) is 13.0. The van der Waals surface area contributed by atoms with E-state index in [1.54, 1.807) is 37.6 Å². The van der Waals surface area contributed by atoms with E-state index < -0.39 is 5.91 Å². The van der Waals surface area contributed by atoms with Crippen molar-refractivity contribution >= 4 is 17.9 Å². The first-order chi connectivity index (χ1) is 15.9. The number of methoxy groups -OCH3 is 1. The lowest BCUT2D eigenvalue weighted by atomic mass is 10.0. The van der Waals surface area contributed by atoms with Crippen molar-refractivity contribution in [2.24, 2.45) is 5.10 Å². The molecule has 0 saturated heterocycles. The van der Waals surface area contributed by atoms with Crippen molar-refractivity contribution < 1.29 is 14.2 Å². The number of ether oxygens (including phenoxy) is 1. The van der Waals surface area contributed by atoms with Crippen LogP contribution in [0.3, 0.4) is 0 Å². The summed E-state index contributed by atoms with van der Waals surface area (Å²) in [5.41, 5.74) is 13.5. The molecule has 0 fully saturated rings. The smallest absolute Gasteiger partial charge is 0.294 e. The van der Waals surface area contributed by atoms with E-state index in [-0.39, 0.29) is 17.3 Å². The standard InChI is InChI=1S/C22H22N8O3/c1-12-8-13(2)17(14(3)9-12)11-24-26-22(31)18-19(15-6-5-7-16(10-15)32-4)30(29-25-18)21-20(23)27-33-28-21/h5-11H,1-4H3,(H2,23,27)(H,26,31). The average Bonchev–Trinajstić information content (AvgIpc) is 3.41. The Hall–Kier alpha value is -4.54. The van der Waals surface area contributed by atoms with Crippen molar-refractivity contribution in [2.75, 3.05) is 12.8 Å². The van der Waals surface area contributed by atoms with E-state index >= 15 is 0 Å². The minimum atomic E-state index is -0.562. The van der Waals surface area contributed by atoms with Gasteiger partial charge in [0.05, 0.1) is 13.3 Å². The number of nitrogens with zero attached hydrogens (tertiary/aromatic N) is 6. The van der Waals surface area contributed by atoms with Crippen LogP contribution in [-0.4, -0.2) is 44.5 Å². The molecule has 0 atom stereocenters. The average molecular weight is 446 g/mol. The Morgan fingerprint density at radius 1 is 1.18 bits per heavy atom. The second-order valence-electron chi connectivity index (χ2n) is 7.42. The van der Waals surface area contributed by atoms with Gasteiger partial charge in [0, 0.05) is 11.1 Å². The van der Waals surface area contributed by atoms with Gasteiger partial charge < -0.3 is 10.5 Å². The summed E-state index contributed by atoms with van der Waals surface area (Å²) in [6, 6.07) is 11.2. The lowest BCUT2D eigenvalue weighted by Gasteiger charge is -2.08. The van der Waals surface area contributed by atoms with Crippen LogP contribution in [-0.2, 0) is 0 Å². The molecule has 0 bridgehead atoms. The monoisotopic (exact) mass is 446 g/mol. The second-order valence-corrected chi connectivity index (χ2v) is 7.42. The summed E-state index contributed by atoms with van der Waals surface area (Å²) in [5.74, 6) is 0.127. The van der Waals surface area contributed by atoms with Gasteiger partial charge in [-0.3, -0.25) is 4.79 Å². The zero-order chi connectivity index (χ0) is 23.5. The van der Waals surface area contributed by atoms with E-state index in [2.05, 4.69) is 47.9 Å². The molecule has 0 aliphatic heterocycles. The second kappa shape index (κ2) is 8.91. The van der Waals surface area contributed by atoms with E-state index in [1.165, 1.54) is 4.68 Å². The molecule has 0 aliphatic rings. The highest BCUT2D eigenvalue weighted by molar-refractivity contribution is 5.99. The fourth-order valence-electron chi connectivity index (χ4n) is 3.55. The number of carbonyl (C=O) groups is 1. The van der Waals surface area contributed by atoms with Crippen molar-refractivity contribution in [3.05, 3.63) is 64.3 Å². The number of carbonyl (C=O) groups excluding carboxylic acids is 1. The fraction of sp³-hybridized carbons (Fsp3) is 0.182. The lowest BCUT2D eigenvalue weighted by Crippen LogP contribution is -2.19. The first kappa shape index (κ1) is 21.7. The maximum atomic E-state index is 13.0. The molecule has 33 heavy (non-hydrogen) atoms. The number of aryl methyl sites for hydroxylation is 3. The number of benzene rings is 2. The number of anilines is 1. The van der Waals surface area contributed by atoms with Crippen LogP contribution in [0.15, 0.2) is 46.1 Å². The van der Waals surface area contributed by atoms with E-state index in [0.29, 0.717) is 17.0 Å². The molecule has 2 aromatic carbocycles. The third-order valence-electron chi connectivity index (χ3n) is 5.02. The Labute approximate surface area is 189 Å². The number of aromatic nitrogens is 5. The number of nitrogen functional groups attached to an aromatic ring is 1. The van der Waals surface area contributed by atoms with Crippen molar-refractivity contribution in [3.63, 3.8) is 0 Å². The lowest BCUT2D eigenvalue weighted by molar-refractivity contribution is 0.0950. The molecule has 0 unspecified atom stereocenters. The zero-order valence-electron chi connectivity index (χ0n) is 18.5. The van der Waals surface area contributed by atoms with Crippen LogP contribution in [0.4, 0.5) is 5.82 Å². The van der Waals surface area contributed by atoms with E-state index in [0.717, 1.165) is 22.3 Å². The van der Waals surface area contributed by atoms with Crippen LogP contribution in [0, 0.1) is 20.8 Å². The number of hydrazone groups is 1. The summed E-state index contributed by atoms with van der Waals surface area (Å²) in [7, 11) is 1.55. The van der Waals surface area contributed by atoms with Gasteiger partial charge in [-0.05, 0) is 54.3 Å². The van der Waals surface area contributed by atoms with Crippen LogP contribution in [0.1, 0.15) is 32.7 Å². The Balaban J connectivity index is 1.71. The van der Waals surface area contributed by atoms with E-state index in [9.17, 15) is 4.79 Å². The SMILES string of the molecule is COc1cccc(-c2c(C(=O)NN=Cc3c(C)cc(C)cc3C)nnn2-c2nonc2N)c1. The molecule has 2 aromatic heterocycles. The molecule has 0 aliphatic carbocycles. The van der Waals surface area contributed by atoms with Crippen molar-refractivity contribution in [3.8, 4) is 22.8 Å². The highest BCUT2D eigenvalue weighted by Crippen LogP contribution is 2.29. The van der Waals surface area contributed by atoms with E-state index in [4.69, 9.17) is 10.5 Å². The molecule has 3 N–H and O–H groups in total. The van der Waals surface area contributed by atoms with Crippen LogP contribution < -0.4 is 15.9 Å². The summed E-state index contributed by atoms with van der Waals surface area (Å²) in [6.45, 7) is 6.02. The number of rotatable bonds is 6. The Morgan fingerprint density at radius 2 is 1.94 bits per heavy atom. The molecule has 4 aromatic rings. The van der Waals surface area contributed by atoms with Gasteiger partial charge in [0.1, 0.15) is 11.4 Å². The van der Waals surface area contributed by atoms with Gasteiger partial charge in [0.25, 0.3) is 5.91 Å². The Morgan fingerprint density at radius 3 is 2.61 bits per heavy atom. The highest BCUT2D eigenvalue weighted by atomic mass is 16.6. The zero-order valence-corrected chi connectivity index (χ0v) is 18.5. The summed E-state index contributed by atoms with van der Waals surface area (Å²) in [6.07, 6.45) is 1.61. The Kier molecular flexibility index (Phi) is 5.85. The molecule has 0 saturated carbocycles. The summed E-state index contributed by atoms with van der Waals surface area (Å²) < 4.78 is 11.3. The molecular weight excluding hydrogens is 424 g/mol. The molecule has 2 heterocycles. The predicted octanol–water partition coefficient (Wildman–Crippen LogP) is 2.60. The molecule has 1 amide bonds. The first-order valence-electron chi connectivity index (χ1n) is 9.98. The quantitative estimate of drug-likeness (QED) is 0.339. The number of hydrogen-bond donors (Lipinski definition) is 2. The molecule has 0 spiro atoms. The first-order valence-corrected chi connectivity index (χ1v) is 9.98. The number of amides is 1. The number of nitrogens with two attached hydrogens (primary N) is 1. The van der Waals surface area contributed by atoms with Gasteiger partial charge in [0.15, 0.2) is 5.69 Å². The van der Waals surface area contributed by atoms with Crippen molar-refractivity contribution in [2.45, 2.75) is 20.8 Å². The van der Waals surface area contributed by atoms with Crippen LogP contribution in [0.25, 0.3) is 17.1 Å². The van der Waals surface area contributed by atoms with Crippen molar-refractivity contribution in [1.82, 2.24) is 30.7 Å². The number of hydrogen-bond acceptors (Lipinski definition) is 9. The normalized spacial score (nSPS) is 11.2. The van der Waals surface area contributed by atoms with Gasteiger partial charge >= 0.3 is 0 Å². The van der Waals surface area contributed by atoms with Crippen LogP contribution in [0.2, 0.25) is 0 Å². The molecule has 0 radical (unpaired) electrons. The molecular formula is C22H22N8O3. The topological polar surface area (TPSA) is 146 Å². The van der Waals surface area contributed by atoms with Crippen LogP contribution >= 0.6 is 0 Å². The minimum Gasteiger partial charge on any atom is -0.497 e.